The number of carbonyl (C=O) groups excluding carboxylic acids is 3. The van der Waals surface area contributed by atoms with Crippen molar-refractivity contribution < 1.29 is 18.8 Å². The van der Waals surface area contributed by atoms with E-state index >= 15 is 0 Å². The smallest absolute Gasteiger partial charge is 0.329 e. The van der Waals surface area contributed by atoms with E-state index in [1.54, 1.807) is 12.1 Å². The standard InChI is InChI=1S/C27H31FN4O3/c1-5-12-32-23-11-10-18(13-19(23)17(2)15-27(32,3)4)14-22-25(34)31(26(35)30-22)16-24(33)29-21-9-7-6-8-20(21)28/h6-11,13-14,17H,5,12,15-16H2,1-4H3,(H,29,33)(H,30,35)/b22-14+. The molecule has 35 heavy (non-hydrogen) atoms. The molecular weight excluding hydrogens is 447 g/mol. The first kappa shape index (κ1) is 24.4. The fourth-order valence-corrected chi connectivity index (χ4v) is 5.02. The Morgan fingerprint density at radius 3 is 2.69 bits per heavy atom. The summed E-state index contributed by atoms with van der Waals surface area (Å²) in [6.45, 7) is 9.36. The number of amides is 4. The first-order valence-corrected chi connectivity index (χ1v) is 11.9. The molecule has 0 spiro atoms. The monoisotopic (exact) mass is 478 g/mol. The molecule has 2 aliphatic rings. The lowest BCUT2D eigenvalue weighted by atomic mass is 9.79. The molecule has 1 fully saturated rings. The van der Waals surface area contributed by atoms with E-state index in [1.807, 2.05) is 6.07 Å². The molecule has 0 radical (unpaired) electrons. The number of nitrogens with one attached hydrogen (secondary N) is 2. The van der Waals surface area contributed by atoms with Crippen LogP contribution in [0, 0.1) is 5.82 Å². The molecule has 2 aromatic carbocycles. The van der Waals surface area contributed by atoms with E-state index in [0.29, 0.717) is 5.92 Å². The zero-order valence-corrected chi connectivity index (χ0v) is 20.5. The van der Waals surface area contributed by atoms with Gasteiger partial charge in [-0.25, -0.2) is 14.1 Å². The minimum absolute atomic E-state index is 0.0104. The van der Waals surface area contributed by atoms with Crippen LogP contribution in [0.2, 0.25) is 0 Å². The molecule has 4 rings (SSSR count). The molecule has 184 valence electrons. The summed E-state index contributed by atoms with van der Waals surface area (Å²) in [5.41, 5.74) is 3.36. The lowest BCUT2D eigenvalue weighted by molar-refractivity contribution is -0.127. The van der Waals surface area contributed by atoms with Crippen molar-refractivity contribution in [2.24, 2.45) is 0 Å². The van der Waals surface area contributed by atoms with Crippen molar-refractivity contribution >= 4 is 35.3 Å². The fraction of sp³-hybridized carbons (Fsp3) is 0.370. The molecule has 1 unspecified atom stereocenters. The summed E-state index contributed by atoms with van der Waals surface area (Å²) < 4.78 is 13.8. The third-order valence-corrected chi connectivity index (χ3v) is 6.58. The number of urea groups is 1. The quantitative estimate of drug-likeness (QED) is 0.459. The van der Waals surface area contributed by atoms with Crippen molar-refractivity contribution in [1.82, 2.24) is 10.2 Å². The highest BCUT2D eigenvalue weighted by atomic mass is 19.1. The third-order valence-electron chi connectivity index (χ3n) is 6.58. The first-order valence-electron chi connectivity index (χ1n) is 11.9. The number of halogens is 1. The van der Waals surface area contributed by atoms with Gasteiger partial charge in [0.1, 0.15) is 18.1 Å². The Balaban J connectivity index is 1.52. The van der Waals surface area contributed by atoms with Crippen LogP contribution in [-0.4, -0.2) is 41.4 Å². The largest absolute Gasteiger partial charge is 0.366 e. The number of hydrogen-bond acceptors (Lipinski definition) is 4. The Kier molecular flexibility index (Phi) is 6.65. The number of carbonyl (C=O) groups is 3. The van der Waals surface area contributed by atoms with E-state index in [-0.39, 0.29) is 16.9 Å². The van der Waals surface area contributed by atoms with E-state index < -0.39 is 30.2 Å². The summed E-state index contributed by atoms with van der Waals surface area (Å²) >= 11 is 0. The molecule has 1 saturated heterocycles. The molecule has 7 nitrogen and oxygen atoms in total. The van der Waals surface area contributed by atoms with Crippen LogP contribution in [-0.2, 0) is 9.59 Å². The number of nitrogens with zero attached hydrogens (tertiary/aromatic N) is 2. The molecule has 4 amide bonds. The maximum Gasteiger partial charge on any atom is 0.329 e. The number of fused-ring (bicyclic) bond motifs is 1. The van der Waals surface area contributed by atoms with Gasteiger partial charge in [0.25, 0.3) is 5.91 Å². The summed E-state index contributed by atoms with van der Waals surface area (Å²) in [4.78, 5) is 40.9. The van der Waals surface area contributed by atoms with Crippen molar-refractivity contribution in [2.75, 3.05) is 23.3 Å². The van der Waals surface area contributed by atoms with E-state index in [4.69, 9.17) is 0 Å². The van der Waals surface area contributed by atoms with Gasteiger partial charge in [0.15, 0.2) is 0 Å². The van der Waals surface area contributed by atoms with Gasteiger partial charge in [-0.1, -0.05) is 32.0 Å². The second-order valence-corrected chi connectivity index (χ2v) is 9.79. The topological polar surface area (TPSA) is 81.8 Å². The van der Waals surface area contributed by atoms with Gasteiger partial charge in [-0.3, -0.25) is 9.59 Å². The summed E-state index contributed by atoms with van der Waals surface area (Å²) in [5.74, 6) is -1.51. The van der Waals surface area contributed by atoms with Crippen molar-refractivity contribution in [3.05, 3.63) is 65.1 Å². The van der Waals surface area contributed by atoms with Crippen LogP contribution in [0.1, 0.15) is 57.6 Å². The number of anilines is 2. The molecular formula is C27H31FN4O3. The predicted molar refractivity (Wildman–Crippen MR) is 134 cm³/mol. The van der Waals surface area contributed by atoms with Crippen molar-refractivity contribution in [2.45, 2.75) is 52.0 Å². The second kappa shape index (κ2) is 9.52. The number of rotatable bonds is 6. The molecule has 0 aromatic heterocycles. The highest BCUT2D eigenvalue weighted by molar-refractivity contribution is 6.16. The summed E-state index contributed by atoms with van der Waals surface area (Å²) in [7, 11) is 0. The highest BCUT2D eigenvalue weighted by Crippen LogP contribution is 2.43. The average Bonchev–Trinajstić information content (AvgIpc) is 3.05. The maximum atomic E-state index is 13.8. The van der Waals surface area contributed by atoms with Gasteiger partial charge >= 0.3 is 6.03 Å². The van der Waals surface area contributed by atoms with Crippen LogP contribution in [0.5, 0.6) is 0 Å². The SMILES string of the molecule is CCCN1c2ccc(/C=C3/NC(=O)N(CC(=O)Nc4ccccc4F)C3=O)cc2C(C)CC1(C)C. The molecule has 2 aromatic rings. The number of hydrogen-bond donors (Lipinski definition) is 2. The molecule has 0 saturated carbocycles. The summed E-state index contributed by atoms with van der Waals surface area (Å²) in [6.07, 6.45) is 3.69. The Labute approximate surface area is 205 Å². The van der Waals surface area contributed by atoms with E-state index in [2.05, 4.69) is 55.4 Å². The Bertz CT molecular complexity index is 1210. The second-order valence-electron chi connectivity index (χ2n) is 9.79. The van der Waals surface area contributed by atoms with Crippen LogP contribution in [0.25, 0.3) is 6.08 Å². The Morgan fingerprint density at radius 2 is 1.97 bits per heavy atom. The molecule has 2 aliphatic heterocycles. The normalized spacial score (nSPS) is 20.1. The summed E-state index contributed by atoms with van der Waals surface area (Å²) in [6, 6.07) is 11.1. The minimum atomic E-state index is -0.688. The maximum absolute atomic E-state index is 13.8. The number of benzene rings is 2. The van der Waals surface area contributed by atoms with Gasteiger partial charge in [0, 0.05) is 17.8 Å². The van der Waals surface area contributed by atoms with E-state index in [1.165, 1.54) is 29.4 Å². The number of imide groups is 1. The molecule has 8 heteroatoms. The van der Waals surface area contributed by atoms with E-state index in [0.717, 1.165) is 29.8 Å². The zero-order valence-electron chi connectivity index (χ0n) is 20.5. The molecule has 1 atom stereocenters. The van der Waals surface area contributed by atoms with Crippen LogP contribution < -0.4 is 15.5 Å². The fourth-order valence-electron chi connectivity index (χ4n) is 5.02. The molecule has 0 aliphatic carbocycles. The molecule has 2 N–H and O–H groups in total. The van der Waals surface area contributed by atoms with Gasteiger partial charge in [0.05, 0.1) is 5.69 Å². The third kappa shape index (κ3) is 4.92. The number of para-hydroxylation sites is 1. The average molecular weight is 479 g/mol. The molecule has 2 heterocycles. The lowest BCUT2D eigenvalue weighted by Gasteiger charge is -2.47. The lowest BCUT2D eigenvalue weighted by Crippen LogP contribution is -2.48. The Hall–Kier alpha value is -3.68. The predicted octanol–water partition coefficient (Wildman–Crippen LogP) is 4.86. The van der Waals surface area contributed by atoms with E-state index in [9.17, 15) is 18.8 Å². The summed E-state index contributed by atoms with van der Waals surface area (Å²) in [5, 5.41) is 4.94. The van der Waals surface area contributed by atoms with Crippen molar-refractivity contribution in [1.29, 1.82) is 0 Å². The van der Waals surface area contributed by atoms with Crippen LogP contribution in [0.4, 0.5) is 20.6 Å². The van der Waals surface area contributed by atoms with Gasteiger partial charge in [-0.15, -0.1) is 0 Å². The highest BCUT2D eigenvalue weighted by Gasteiger charge is 2.37. The van der Waals surface area contributed by atoms with Gasteiger partial charge in [-0.05, 0) is 74.1 Å². The van der Waals surface area contributed by atoms with Crippen LogP contribution in [0.3, 0.4) is 0 Å². The van der Waals surface area contributed by atoms with Crippen LogP contribution >= 0.6 is 0 Å². The van der Waals surface area contributed by atoms with Crippen molar-refractivity contribution in [3.63, 3.8) is 0 Å². The first-order chi connectivity index (χ1) is 16.6. The zero-order chi connectivity index (χ0) is 25.3. The minimum Gasteiger partial charge on any atom is -0.366 e. The van der Waals surface area contributed by atoms with Gasteiger partial charge < -0.3 is 15.5 Å². The van der Waals surface area contributed by atoms with Gasteiger partial charge in [0.2, 0.25) is 5.91 Å². The Morgan fingerprint density at radius 1 is 1.23 bits per heavy atom. The molecule has 0 bridgehead atoms. The van der Waals surface area contributed by atoms with Crippen molar-refractivity contribution in [3.8, 4) is 0 Å². The van der Waals surface area contributed by atoms with Crippen LogP contribution in [0.15, 0.2) is 48.2 Å². The van der Waals surface area contributed by atoms with Gasteiger partial charge in [-0.2, -0.15) is 0 Å².